The van der Waals surface area contributed by atoms with Crippen LogP contribution in [0.15, 0.2) is 11.1 Å². The number of H-pyrrole nitrogens is 1. The molecule has 0 saturated carbocycles. The van der Waals surface area contributed by atoms with Gasteiger partial charge >= 0.3 is 0 Å². The van der Waals surface area contributed by atoms with Crippen LogP contribution in [0.4, 0.5) is 5.82 Å². The van der Waals surface area contributed by atoms with Crippen LogP contribution in [-0.2, 0) is 0 Å². The molecule has 2 aliphatic rings. The highest BCUT2D eigenvalue weighted by Gasteiger charge is 2.44. The van der Waals surface area contributed by atoms with Crippen LogP contribution in [0.1, 0.15) is 13.3 Å². The smallest absolute Gasteiger partial charge is 0.266 e. The van der Waals surface area contributed by atoms with Crippen LogP contribution in [0.5, 0.6) is 0 Å². The van der Waals surface area contributed by atoms with Crippen molar-refractivity contribution in [3.8, 4) is 0 Å². The molecule has 3 heterocycles. The molecular weight excluding hydrogens is 343 g/mol. The predicted octanol–water partition coefficient (Wildman–Crippen LogP) is 0.809. The third-order valence-electron chi connectivity index (χ3n) is 4.19. The summed E-state index contributed by atoms with van der Waals surface area (Å²) in [4.78, 5) is 21.1. The maximum absolute atomic E-state index is 11.7. The Hall–Kier alpha value is -0.630. The quantitative estimate of drug-likeness (QED) is 0.767. The maximum atomic E-state index is 11.7. The molecule has 3 unspecified atom stereocenters. The molecule has 6 heteroatoms. The largest absolute Gasteiger partial charge is 0.352 e. The first-order chi connectivity index (χ1) is 8.72. The van der Waals surface area contributed by atoms with Crippen molar-refractivity contribution < 1.29 is 0 Å². The molecule has 2 N–H and O–H groups in total. The van der Waals surface area contributed by atoms with Gasteiger partial charge in [0.05, 0.1) is 6.33 Å². The number of rotatable bonds is 2. The summed E-state index contributed by atoms with van der Waals surface area (Å²) >= 11 is 2.10. The first-order valence-corrected chi connectivity index (χ1v) is 7.50. The summed E-state index contributed by atoms with van der Waals surface area (Å²) in [5, 5.41) is 3.47. The van der Waals surface area contributed by atoms with E-state index in [0.717, 1.165) is 31.9 Å². The van der Waals surface area contributed by atoms with Crippen molar-refractivity contribution in [2.45, 2.75) is 19.4 Å². The van der Waals surface area contributed by atoms with E-state index in [9.17, 15) is 4.79 Å². The molecule has 0 amide bonds. The maximum Gasteiger partial charge on any atom is 0.266 e. The summed E-state index contributed by atoms with van der Waals surface area (Å²) in [6, 6.07) is 0.507. The van der Waals surface area contributed by atoms with Gasteiger partial charge in [0.25, 0.3) is 5.56 Å². The number of aromatic amines is 1. The molecule has 5 nitrogen and oxygen atoms in total. The SMILES string of the molecule is CCC1C2CNCC2CN1c1nc[nH]c(=O)c1I. The Morgan fingerprint density at radius 3 is 3.17 bits per heavy atom. The van der Waals surface area contributed by atoms with Gasteiger partial charge in [0.1, 0.15) is 9.39 Å². The first kappa shape index (κ1) is 12.4. The Morgan fingerprint density at radius 1 is 1.56 bits per heavy atom. The number of anilines is 1. The van der Waals surface area contributed by atoms with E-state index in [1.807, 2.05) is 0 Å². The molecule has 0 bridgehead atoms. The van der Waals surface area contributed by atoms with Gasteiger partial charge in [-0.15, -0.1) is 0 Å². The van der Waals surface area contributed by atoms with Crippen molar-refractivity contribution in [2.75, 3.05) is 24.5 Å². The Labute approximate surface area is 120 Å². The minimum Gasteiger partial charge on any atom is -0.352 e. The fourth-order valence-electron chi connectivity index (χ4n) is 3.36. The number of nitrogens with one attached hydrogen (secondary N) is 2. The molecule has 2 saturated heterocycles. The molecule has 1 aromatic heterocycles. The van der Waals surface area contributed by atoms with Crippen molar-refractivity contribution in [3.05, 3.63) is 20.3 Å². The van der Waals surface area contributed by atoms with Crippen molar-refractivity contribution in [1.82, 2.24) is 15.3 Å². The van der Waals surface area contributed by atoms with E-state index in [-0.39, 0.29) is 5.56 Å². The van der Waals surface area contributed by atoms with Gasteiger partial charge in [-0.3, -0.25) is 4.79 Å². The highest BCUT2D eigenvalue weighted by Crippen LogP contribution is 2.37. The van der Waals surface area contributed by atoms with Gasteiger partial charge in [0.2, 0.25) is 0 Å². The Balaban J connectivity index is 1.97. The first-order valence-electron chi connectivity index (χ1n) is 6.43. The second-order valence-corrected chi connectivity index (χ2v) is 6.16. The number of nitrogens with zero attached hydrogens (tertiary/aromatic N) is 2. The van der Waals surface area contributed by atoms with Gasteiger partial charge in [0, 0.05) is 25.7 Å². The lowest BCUT2D eigenvalue weighted by Gasteiger charge is -2.28. The monoisotopic (exact) mass is 360 g/mol. The predicted molar refractivity (Wildman–Crippen MR) is 78.8 cm³/mol. The number of halogens is 1. The fraction of sp³-hybridized carbons (Fsp3) is 0.667. The van der Waals surface area contributed by atoms with Gasteiger partial charge in [-0.05, 0) is 40.8 Å². The lowest BCUT2D eigenvalue weighted by atomic mass is 9.93. The molecule has 0 radical (unpaired) electrons. The van der Waals surface area contributed by atoms with Gasteiger partial charge in [-0.25, -0.2) is 4.98 Å². The van der Waals surface area contributed by atoms with E-state index >= 15 is 0 Å². The van der Waals surface area contributed by atoms with Gasteiger partial charge < -0.3 is 15.2 Å². The molecule has 0 aliphatic carbocycles. The number of aromatic nitrogens is 2. The van der Waals surface area contributed by atoms with Crippen LogP contribution < -0.4 is 15.8 Å². The summed E-state index contributed by atoms with van der Waals surface area (Å²) in [6.07, 6.45) is 2.62. The minimum atomic E-state index is -0.0364. The van der Waals surface area contributed by atoms with Gasteiger partial charge in [-0.1, -0.05) is 6.92 Å². The van der Waals surface area contributed by atoms with Crippen LogP contribution >= 0.6 is 22.6 Å². The highest BCUT2D eigenvalue weighted by molar-refractivity contribution is 14.1. The van der Waals surface area contributed by atoms with Crippen molar-refractivity contribution >= 4 is 28.4 Å². The third-order valence-corrected chi connectivity index (χ3v) is 5.16. The van der Waals surface area contributed by atoms with Crippen molar-refractivity contribution in [3.63, 3.8) is 0 Å². The molecule has 3 rings (SSSR count). The van der Waals surface area contributed by atoms with Crippen molar-refractivity contribution in [2.24, 2.45) is 11.8 Å². The summed E-state index contributed by atoms with van der Waals surface area (Å²) < 4.78 is 0.710. The standard InChI is InChI=1S/C12H17IN4O/c1-2-9-8-4-14-3-7(8)5-17(9)11-10(13)12(18)16-6-15-11/h6-9,14H,2-5H2,1H3,(H,15,16,18). The summed E-state index contributed by atoms with van der Waals surface area (Å²) in [6.45, 7) is 5.43. The third kappa shape index (κ3) is 1.85. The number of hydrogen-bond donors (Lipinski definition) is 2. The highest BCUT2D eigenvalue weighted by atomic mass is 127. The zero-order valence-electron chi connectivity index (χ0n) is 10.3. The van der Waals surface area contributed by atoms with E-state index in [4.69, 9.17) is 0 Å². The lowest BCUT2D eigenvalue weighted by Crippen LogP contribution is -2.37. The van der Waals surface area contributed by atoms with Crippen LogP contribution in [0.3, 0.4) is 0 Å². The Kier molecular flexibility index (Phi) is 3.31. The minimum absolute atomic E-state index is 0.0364. The van der Waals surface area contributed by atoms with E-state index in [1.165, 1.54) is 6.33 Å². The van der Waals surface area contributed by atoms with Crippen LogP contribution in [-0.4, -0.2) is 35.6 Å². The van der Waals surface area contributed by atoms with Gasteiger partial charge in [0.15, 0.2) is 0 Å². The van der Waals surface area contributed by atoms with Crippen LogP contribution in [0.2, 0.25) is 0 Å². The molecule has 3 atom stereocenters. The fourth-order valence-corrected chi connectivity index (χ4v) is 3.97. The summed E-state index contributed by atoms with van der Waals surface area (Å²) in [5.41, 5.74) is -0.0364. The molecule has 2 aliphatic heterocycles. The second-order valence-electron chi connectivity index (χ2n) is 5.08. The molecule has 0 spiro atoms. The zero-order valence-corrected chi connectivity index (χ0v) is 12.5. The summed E-state index contributed by atoms with van der Waals surface area (Å²) in [7, 11) is 0. The normalized spacial score (nSPS) is 30.8. The molecular formula is C12H17IN4O. The molecule has 18 heavy (non-hydrogen) atoms. The molecule has 0 aromatic carbocycles. The lowest BCUT2D eigenvalue weighted by molar-refractivity contribution is 0.441. The van der Waals surface area contributed by atoms with E-state index in [1.54, 1.807) is 0 Å². The summed E-state index contributed by atoms with van der Waals surface area (Å²) in [5.74, 6) is 2.26. The average Bonchev–Trinajstić information content (AvgIpc) is 2.92. The van der Waals surface area contributed by atoms with E-state index in [0.29, 0.717) is 21.4 Å². The Morgan fingerprint density at radius 2 is 2.39 bits per heavy atom. The average molecular weight is 360 g/mol. The van der Waals surface area contributed by atoms with E-state index in [2.05, 4.69) is 49.7 Å². The molecule has 1 aromatic rings. The molecule has 2 fully saturated rings. The van der Waals surface area contributed by atoms with Crippen molar-refractivity contribution in [1.29, 1.82) is 0 Å². The zero-order chi connectivity index (χ0) is 12.7. The number of fused-ring (bicyclic) bond motifs is 1. The van der Waals surface area contributed by atoms with E-state index < -0.39 is 0 Å². The molecule has 98 valence electrons. The van der Waals surface area contributed by atoms with Gasteiger partial charge in [-0.2, -0.15) is 0 Å². The topological polar surface area (TPSA) is 61.0 Å². The second kappa shape index (κ2) is 4.80. The Bertz CT molecular complexity index is 503. The van der Waals surface area contributed by atoms with Crippen LogP contribution in [0, 0.1) is 15.4 Å². The number of hydrogen-bond acceptors (Lipinski definition) is 4. The van der Waals surface area contributed by atoms with Crippen LogP contribution in [0.25, 0.3) is 0 Å².